The molecular weight excluding hydrogens is 410 g/mol. The van der Waals surface area contributed by atoms with Gasteiger partial charge in [0.1, 0.15) is 0 Å². The van der Waals surface area contributed by atoms with Gasteiger partial charge in [0.25, 0.3) is 5.56 Å². The highest BCUT2D eigenvalue weighted by atomic mass is 32.2. The number of hydrogen-bond donors (Lipinski definition) is 1. The zero-order valence-corrected chi connectivity index (χ0v) is 17.9. The van der Waals surface area contributed by atoms with Gasteiger partial charge in [-0.25, -0.2) is 4.98 Å². The molecule has 2 aromatic heterocycles. The third-order valence-electron chi connectivity index (χ3n) is 3.53. The van der Waals surface area contributed by atoms with Gasteiger partial charge in [-0.1, -0.05) is 48.7 Å². The van der Waals surface area contributed by atoms with Crippen LogP contribution in [0.25, 0.3) is 0 Å². The number of fused-ring (bicyclic) bond motifs is 1. The molecule has 0 radical (unpaired) electrons. The van der Waals surface area contributed by atoms with Crippen LogP contribution in [0.5, 0.6) is 0 Å². The zero-order chi connectivity index (χ0) is 18.7. The molecule has 0 saturated heterocycles. The van der Waals surface area contributed by atoms with Crippen LogP contribution >= 0.6 is 46.6 Å². The van der Waals surface area contributed by atoms with E-state index in [0.29, 0.717) is 22.1 Å². The lowest BCUT2D eigenvalue weighted by atomic mass is 10.2. The van der Waals surface area contributed by atoms with E-state index in [9.17, 15) is 9.59 Å². The molecule has 3 heterocycles. The molecule has 0 bridgehead atoms. The second kappa shape index (κ2) is 8.77. The Hall–Kier alpha value is -1.04. The van der Waals surface area contributed by atoms with Crippen molar-refractivity contribution in [3.8, 4) is 0 Å². The van der Waals surface area contributed by atoms with Gasteiger partial charge in [0.05, 0.1) is 16.3 Å². The normalized spacial score (nSPS) is 15.9. The van der Waals surface area contributed by atoms with Crippen LogP contribution in [0.15, 0.2) is 19.2 Å². The highest BCUT2D eigenvalue weighted by molar-refractivity contribution is 8.01. The van der Waals surface area contributed by atoms with E-state index in [4.69, 9.17) is 0 Å². The van der Waals surface area contributed by atoms with Crippen molar-refractivity contribution in [1.82, 2.24) is 19.7 Å². The summed E-state index contributed by atoms with van der Waals surface area (Å²) in [6.07, 6.45) is 0.794. The summed E-state index contributed by atoms with van der Waals surface area (Å²) in [5, 5.41) is 12.2. The van der Waals surface area contributed by atoms with Crippen molar-refractivity contribution >= 4 is 57.7 Å². The largest absolute Gasteiger partial charge is 0.300 e. The number of nitrogens with one attached hydrogen (secondary N) is 1. The Balaban J connectivity index is 1.67. The topological polar surface area (TPSA) is 89.8 Å². The van der Waals surface area contributed by atoms with E-state index in [1.165, 1.54) is 23.1 Å². The Labute approximate surface area is 168 Å². The van der Waals surface area contributed by atoms with Gasteiger partial charge in [0, 0.05) is 18.2 Å². The van der Waals surface area contributed by atoms with Crippen LogP contribution in [0, 0.1) is 0 Å². The minimum atomic E-state index is -0.181. The third-order valence-corrected chi connectivity index (χ3v) is 7.58. The summed E-state index contributed by atoms with van der Waals surface area (Å²) >= 11 is 5.82. The predicted molar refractivity (Wildman–Crippen MR) is 109 cm³/mol. The maximum absolute atomic E-state index is 12.6. The summed E-state index contributed by atoms with van der Waals surface area (Å²) in [4.78, 5) is 30.2. The monoisotopic (exact) mass is 429 g/mol. The minimum Gasteiger partial charge on any atom is -0.300 e. The molecule has 1 atom stereocenters. The predicted octanol–water partition coefficient (Wildman–Crippen LogP) is 2.99. The molecule has 140 valence electrons. The van der Waals surface area contributed by atoms with Crippen molar-refractivity contribution in [3.05, 3.63) is 16.0 Å². The molecular formula is C15H19N5O2S4. The second-order valence-corrected chi connectivity index (χ2v) is 10.4. The van der Waals surface area contributed by atoms with Gasteiger partial charge in [-0.15, -0.1) is 22.0 Å². The van der Waals surface area contributed by atoms with E-state index in [1.807, 2.05) is 13.8 Å². The number of rotatable bonds is 7. The lowest BCUT2D eigenvalue weighted by Gasteiger charge is -2.11. The van der Waals surface area contributed by atoms with Crippen LogP contribution in [0.3, 0.4) is 0 Å². The number of carbonyl (C=O) groups is 1. The Morgan fingerprint density at radius 3 is 2.88 bits per heavy atom. The van der Waals surface area contributed by atoms with Gasteiger partial charge < -0.3 is 0 Å². The maximum atomic E-state index is 12.6. The molecule has 0 aliphatic carbocycles. The molecule has 1 aliphatic heterocycles. The number of aromatic nitrogens is 4. The van der Waals surface area contributed by atoms with Gasteiger partial charge in [-0.2, -0.15) is 0 Å². The van der Waals surface area contributed by atoms with Gasteiger partial charge in [0.2, 0.25) is 11.0 Å². The lowest BCUT2D eigenvalue weighted by molar-refractivity contribution is -0.113. The molecule has 0 aromatic carbocycles. The van der Waals surface area contributed by atoms with Crippen LogP contribution in [0.1, 0.15) is 26.5 Å². The van der Waals surface area contributed by atoms with Crippen LogP contribution in [-0.4, -0.2) is 42.4 Å². The first kappa shape index (κ1) is 19.7. The fraction of sp³-hybridized carbons (Fsp3) is 0.533. The Kier molecular flexibility index (Phi) is 6.65. The smallest absolute Gasteiger partial charge is 0.268 e. The number of hydrogen-bond acceptors (Lipinski definition) is 9. The van der Waals surface area contributed by atoms with Crippen LogP contribution in [-0.2, 0) is 17.8 Å². The van der Waals surface area contributed by atoms with Crippen molar-refractivity contribution in [2.45, 2.75) is 53.4 Å². The van der Waals surface area contributed by atoms with Gasteiger partial charge in [0.15, 0.2) is 9.50 Å². The van der Waals surface area contributed by atoms with Crippen molar-refractivity contribution in [1.29, 1.82) is 0 Å². The summed E-state index contributed by atoms with van der Waals surface area (Å²) in [6, 6.07) is 0. The molecule has 7 nitrogen and oxygen atoms in total. The number of amides is 1. The zero-order valence-electron chi connectivity index (χ0n) is 14.6. The van der Waals surface area contributed by atoms with Crippen LogP contribution < -0.4 is 10.9 Å². The van der Waals surface area contributed by atoms with E-state index in [0.717, 1.165) is 27.1 Å². The van der Waals surface area contributed by atoms with E-state index in [1.54, 1.807) is 28.1 Å². The summed E-state index contributed by atoms with van der Waals surface area (Å²) in [6.45, 7) is 6.58. The van der Waals surface area contributed by atoms with Crippen molar-refractivity contribution in [2.75, 3.05) is 16.8 Å². The molecule has 11 heteroatoms. The molecule has 0 fully saturated rings. The standard InChI is InChI=1S/C15H19N5O2S4/c1-4-20-12(22)11-9(6-8(3)25-11)16-14(20)24-7-10(21)17-13-18-19-15(26-13)23-5-2/h8H,4-7H2,1-3H3,(H,17,18,21)/t8-/m0/s1. The Morgan fingerprint density at radius 2 is 2.15 bits per heavy atom. The number of nitrogens with zero attached hydrogens (tertiary/aromatic N) is 4. The minimum absolute atomic E-state index is 0.000105. The molecule has 1 N–H and O–H groups in total. The van der Waals surface area contributed by atoms with Gasteiger partial charge in [-0.3, -0.25) is 19.5 Å². The average molecular weight is 430 g/mol. The van der Waals surface area contributed by atoms with Crippen molar-refractivity contribution in [2.24, 2.45) is 0 Å². The van der Waals surface area contributed by atoms with E-state index < -0.39 is 0 Å². The van der Waals surface area contributed by atoms with E-state index >= 15 is 0 Å². The molecule has 0 unspecified atom stereocenters. The molecule has 0 saturated carbocycles. The first-order valence-electron chi connectivity index (χ1n) is 8.21. The van der Waals surface area contributed by atoms with Crippen molar-refractivity contribution < 1.29 is 4.79 Å². The summed E-state index contributed by atoms with van der Waals surface area (Å²) in [5.74, 6) is 0.900. The Morgan fingerprint density at radius 1 is 1.35 bits per heavy atom. The Bertz CT molecular complexity index is 866. The molecule has 2 aromatic rings. The van der Waals surface area contributed by atoms with E-state index in [-0.39, 0.29) is 17.2 Å². The maximum Gasteiger partial charge on any atom is 0.268 e. The van der Waals surface area contributed by atoms with E-state index in [2.05, 4.69) is 27.4 Å². The third kappa shape index (κ3) is 4.44. The molecule has 1 amide bonds. The fourth-order valence-corrected chi connectivity index (χ4v) is 6.11. The highest BCUT2D eigenvalue weighted by Crippen LogP contribution is 2.34. The molecule has 26 heavy (non-hydrogen) atoms. The number of thioether (sulfide) groups is 3. The SMILES string of the molecule is CCSc1nnc(NC(=O)CSc2nc3c(c(=O)n2CC)S[C@@H](C)C3)s1. The lowest BCUT2D eigenvalue weighted by Crippen LogP contribution is -2.25. The highest BCUT2D eigenvalue weighted by Gasteiger charge is 2.26. The first-order chi connectivity index (χ1) is 12.5. The summed E-state index contributed by atoms with van der Waals surface area (Å²) < 4.78 is 2.48. The second-order valence-electron chi connectivity index (χ2n) is 5.50. The van der Waals surface area contributed by atoms with Crippen LogP contribution in [0.4, 0.5) is 5.13 Å². The first-order valence-corrected chi connectivity index (χ1v) is 11.9. The average Bonchev–Trinajstić information content (AvgIpc) is 3.19. The quantitative estimate of drug-likeness (QED) is 0.408. The van der Waals surface area contributed by atoms with Gasteiger partial charge >= 0.3 is 0 Å². The fourth-order valence-electron chi connectivity index (χ4n) is 2.45. The van der Waals surface area contributed by atoms with Crippen LogP contribution in [0.2, 0.25) is 0 Å². The van der Waals surface area contributed by atoms with Crippen molar-refractivity contribution in [3.63, 3.8) is 0 Å². The number of carbonyl (C=O) groups excluding carboxylic acids is 1. The summed E-state index contributed by atoms with van der Waals surface area (Å²) in [7, 11) is 0. The summed E-state index contributed by atoms with van der Waals surface area (Å²) in [5.41, 5.74) is 0.852. The number of anilines is 1. The molecule has 0 spiro atoms. The van der Waals surface area contributed by atoms with Gasteiger partial charge in [-0.05, 0) is 12.7 Å². The molecule has 1 aliphatic rings. The molecule has 3 rings (SSSR count).